The van der Waals surface area contributed by atoms with Gasteiger partial charge in [0.25, 0.3) is 0 Å². The Morgan fingerprint density at radius 3 is 2.61 bits per heavy atom. The van der Waals surface area contributed by atoms with Crippen molar-refractivity contribution >= 4 is 0 Å². The highest BCUT2D eigenvalue weighted by atomic mass is 15.3. The van der Waals surface area contributed by atoms with Crippen LogP contribution in [0.1, 0.15) is 32.3 Å². The smallest absolute Gasteiger partial charge is 0.155 e. The van der Waals surface area contributed by atoms with Crippen LogP contribution in [-0.4, -0.2) is 25.3 Å². The van der Waals surface area contributed by atoms with Gasteiger partial charge >= 0.3 is 0 Å². The molecule has 3 rings (SSSR count). The maximum atomic E-state index is 6.33. The van der Waals surface area contributed by atoms with Crippen molar-refractivity contribution in [1.29, 1.82) is 0 Å². The molecule has 2 aromatic rings. The van der Waals surface area contributed by atoms with Crippen molar-refractivity contribution in [3.63, 3.8) is 0 Å². The van der Waals surface area contributed by atoms with E-state index in [4.69, 9.17) is 5.73 Å². The molecule has 5 nitrogen and oxygen atoms in total. The summed E-state index contributed by atoms with van der Waals surface area (Å²) in [5.74, 6) is 0.772. The highest BCUT2D eigenvalue weighted by Crippen LogP contribution is 2.48. The molecular formula is C13H17N5. The number of hydrogen-bond donors (Lipinski definition) is 1. The Bertz CT molecular complexity index is 537. The molecule has 1 aliphatic carbocycles. The summed E-state index contributed by atoms with van der Waals surface area (Å²) >= 11 is 0. The van der Waals surface area contributed by atoms with Crippen molar-refractivity contribution in [1.82, 2.24) is 19.7 Å². The average Bonchev–Trinajstić information content (AvgIpc) is 2.94. The summed E-state index contributed by atoms with van der Waals surface area (Å²) in [6.45, 7) is 4.37. The first kappa shape index (κ1) is 11.3. The topological polar surface area (TPSA) is 69.6 Å². The van der Waals surface area contributed by atoms with Crippen molar-refractivity contribution in [2.24, 2.45) is 5.73 Å². The van der Waals surface area contributed by atoms with E-state index >= 15 is 0 Å². The Kier molecular flexibility index (Phi) is 2.28. The van der Waals surface area contributed by atoms with Crippen molar-refractivity contribution in [2.75, 3.05) is 0 Å². The van der Waals surface area contributed by atoms with Crippen LogP contribution >= 0.6 is 0 Å². The molecule has 1 aliphatic rings. The molecule has 0 saturated heterocycles. The van der Waals surface area contributed by atoms with E-state index in [-0.39, 0.29) is 11.0 Å². The minimum absolute atomic E-state index is 0.0408. The molecule has 0 atom stereocenters. The Balaban J connectivity index is 1.92. The van der Waals surface area contributed by atoms with Gasteiger partial charge in [-0.3, -0.25) is 0 Å². The van der Waals surface area contributed by atoms with Gasteiger partial charge in [0.1, 0.15) is 12.7 Å². The lowest BCUT2D eigenvalue weighted by atomic mass is 9.77. The number of nitrogens with zero attached hydrogens (tertiary/aromatic N) is 4. The van der Waals surface area contributed by atoms with E-state index < -0.39 is 0 Å². The van der Waals surface area contributed by atoms with Gasteiger partial charge in [-0.1, -0.05) is 19.9 Å². The predicted molar refractivity (Wildman–Crippen MR) is 68.3 cm³/mol. The van der Waals surface area contributed by atoms with Crippen LogP contribution in [0.25, 0.3) is 5.82 Å². The van der Waals surface area contributed by atoms with Crippen LogP contribution in [0, 0.1) is 0 Å². The maximum absolute atomic E-state index is 6.33. The number of aromatic nitrogens is 4. The lowest BCUT2D eigenvalue weighted by Crippen LogP contribution is -2.43. The Morgan fingerprint density at radius 2 is 2.11 bits per heavy atom. The third kappa shape index (κ3) is 1.62. The minimum Gasteiger partial charge on any atom is -0.324 e. The summed E-state index contributed by atoms with van der Waals surface area (Å²) in [6, 6.07) is 4.04. The van der Waals surface area contributed by atoms with Crippen molar-refractivity contribution in [3.8, 4) is 5.82 Å². The van der Waals surface area contributed by atoms with E-state index in [1.807, 2.05) is 12.3 Å². The quantitative estimate of drug-likeness (QED) is 0.885. The normalized spacial score (nSPS) is 17.7. The summed E-state index contributed by atoms with van der Waals surface area (Å²) < 4.78 is 1.64. The summed E-state index contributed by atoms with van der Waals surface area (Å²) in [5.41, 5.74) is 7.40. The Labute approximate surface area is 106 Å². The van der Waals surface area contributed by atoms with Crippen LogP contribution in [0.2, 0.25) is 0 Å². The summed E-state index contributed by atoms with van der Waals surface area (Å²) in [7, 11) is 0. The van der Waals surface area contributed by atoms with Gasteiger partial charge < -0.3 is 5.73 Å². The SMILES string of the molecule is CC(C)(c1ccc(-n2cncn2)nc1)C1(N)CC1. The van der Waals surface area contributed by atoms with E-state index in [0.29, 0.717) is 0 Å². The standard InChI is InChI=1S/C13H17N5/c1-12(2,13(14)5-6-13)10-3-4-11(16-7-10)18-9-15-8-17-18/h3-4,7-9H,5-6,14H2,1-2H3. The Morgan fingerprint density at radius 1 is 1.33 bits per heavy atom. The number of pyridine rings is 1. The molecule has 2 aromatic heterocycles. The zero-order chi connectivity index (χ0) is 12.8. The third-order valence-electron chi connectivity index (χ3n) is 4.16. The third-order valence-corrected chi connectivity index (χ3v) is 4.16. The highest BCUT2D eigenvalue weighted by molar-refractivity contribution is 5.34. The van der Waals surface area contributed by atoms with Gasteiger partial charge in [0.05, 0.1) is 0 Å². The molecule has 2 heterocycles. The van der Waals surface area contributed by atoms with E-state index in [9.17, 15) is 0 Å². The molecule has 0 aromatic carbocycles. The first-order valence-electron chi connectivity index (χ1n) is 6.13. The lowest BCUT2D eigenvalue weighted by Gasteiger charge is -2.32. The van der Waals surface area contributed by atoms with Gasteiger partial charge in [-0.2, -0.15) is 5.10 Å². The molecule has 5 heteroatoms. The molecule has 0 spiro atoms. The molecular weight excluding hydrogens is 226 g/mol. The van der Waals surface area contributed by atoms with Crippen LogP contribution in [0.4, 0.5) is 0 Å². The van der Waals surface area contributed by atoms with Crippen molar-refractivity contribution < 1.29 is 0 Å². The van der Waals surface area contributed by atoms with E-state index in [1.165, 1.54) is 11.9 Å². The summed E-state index contributed by atoms with van der Waals surface area (Å²) in [4.78, 5) is 8.34. The van der Waals surface area contributed by atoms with Gasteiger partial charge in [0, 0.05) is 17.2 Å². The second-order valence-corrected chi connectivity index (χ2v) is 5.53. The minimum atomic E-state index is -0.0660. The predicted octanol–water partition coefficient (Wildman–Crippen LogP) is 1.43. The van der Waals surface area contributed by atoms with Crippen molar-refractivity contribution in [2.45, 2.75) is 37.6 Å². The van der Waals surface area contributed by atoms with Gasteiger partial charge in [0.15, 0.2) is 5.82 Å². The lowest BCUT2D eigenvalue weighted by molar-refractivity contribution is 0.390. The van der Waals surface area contributed by atoms with E-state index in [2.05, 4.69) is 35.0 Å². The first-order chi connectivity index (χ1) is 8.53. The van der Waals surface area contributed by atoms with Crippen LogP contribution in [0.3, 0.4) is 0 Å². The van der Waals surface area contributed by atoms with Crippen molar-refractivity contribution in [3.05, 3.63) is 36.5 Å². The van der Waals surface area contributed by atoms with Crippen LogP contribution in [0.5, 0.6) is 0 Å². The van der Waals surface area contributed by atoms with Crippen LogP contribution in [0.15, 0.2) is 31.0 Å². The zero-order valence-electron chi connectivity index (χ0n) is 10.7. The highest BCUT2D eigenvalue weighted by Gasteiger charge is 2.51. The fourth-order valence-electron chi connectivity index (χ4n) is 2.26. The van der Waals surface area contributed by atoms with Crippen LogP contribution in [-0.2, 0) is 5.41 Å². The van der Waals surface area contributed by atoms with E-state index in [1.54, 1.807) is 11.0 Å². The maximum Gasteiger partial charge on any atom is 0.155 e. The fraction of sp³-hybridized carbons (Fsp3) is 0.462. The molecule has 0 unspecified atom stereocenters. The Hall–Kier alpha value is -1.75. The monoisotopic (exact) mass is 243 g/mol. The molecule has 2 N–H and O–H groups in total. The fourth-order valence-corrected chi connectivity index (χ4v) is 2.26. The summed E-state index contributed by atoms with van der Waals surface area (Å²) in [6.07, 6.45) is 7.21. The molecule has 0 bridgehead atoms. The van der Waals surface area contributed by atoms with Crippen LogP contribution < -0.4 is 5.73 Å². The largest absolute Gasteiger partial charge is 0.324 e. The molecule has 94 valence electrons. The zero-order valence-corrected chi connectivity index (χ0v) is 10.7. The summed E-state index contributed by atoms with van der Waals surface area (Å²) in [5, 5.41) is 4.06. The molecule has 0 radical (unpaired) electrons. The molecule has 0 amide bonds. The van der Waals surface area contributed by atoms with Gasteiger partial charge in [-0.05, 0) is 24.5 Å². The van der Waals surface area contributed by atoms with Gasteiger partial charge in [0.2, 0.25) is 0 Å². The molecule has 18 heavy (non-hydrogen) atoms. The molecule has 1 saturated carbocycles. The van der Waals surface area contributed by atoms with Gasteiger partial charge in [-0.25, -0.2) is 14.6 Å². The number of rotatable bonds is 3. The molecule has 0 aliphatic heterocycles. The average molecular weight is 243 g/mol. The second-order valence-electron chi connectivity index (χ2n) is 5.53. The second kappa shape index (κ2) is 3.62. The molecule has 1 fully saturated rings. The first-order valence-corrected chi connectivity index (χ1v) is 6.13. The number of nitrogens with two attached hydrogens (primary N) is 1. The van der Waals surface area contributed by atoms with Gasteiger partial charge in [-0.15, -0.1) is 0 Å². The number of hydrogen-bond acceptors (Lipinski definition) is 4. The van der Waals surface area contributed by atoms with E-state index in [0.717, 1.165) is 18.7 Å².